The Morgan fingerprint density at radius 2 is 2.00 bits per heavy atom. The van der Waals surface area contributed by atoms with Gasteiger partial charge in [-0.05, 0) is 50.0 Å². The van der Waals surface area contributed by atoms with Crippen molar-refractivity contribution in [3.8, 4) is 0 Å². The summed E-state index contributed by atoms with van der Waals surface area (Å²) in [7, 11) is -3.41. The summed E-state index contributed by atoms with van der Waals surface area (Å²) in [4.78, 5) is 2.80. The Morgan fingerprint density at radius 1 is 1.19 bits per heavy atom. The highest BCUT2D eigenvalue weighted by molar-refractivity contribution is 7.89. The summed E-state index contributed by atoms with van der Waals surface area (Å²) in [6, 6.07) is 7.37. The van der Waals surface area contributed by atoms with Crippen molar-refractivity contribution in [3.63, 3.8) is 0 Å². The molecule has 0 aromatic heterocycles. The van der Waals surface area contributed by atoms with Gasteiger partial charge in [0.2, 0.25) is 10.0 Å². The van der Waals surface area contributed by atoms with E-state index in [9.17, 15) is 8.42 Å². The number of fused-ring (bicyclic) bond motifs is 1. The van der Waals surface area contributed by atoms with Crippen LogP contribution in [0.1, 0.15) is 24.8 Å². The lowest BCUT2D eigenvalue weighted by Crippen LogP contribution is -2.39. The Labute approximate surface area is 131 Å². The Hall–Kier alpha value is -0.620. The van der Waals surface area contributed by atoms with E-state index < -0.39 is 10.0 Å². The van der Waals surface area contributed by atoms with Crippen molar-refractivity contribution in [2.24, 2.45) is 0 Å². The summed E-state index contributed by atoms with van der Waals surface area (Å²) in [6.45, 7) is 3.35. The van der Waals surface area contributed by atoms with Crippen LogP contribution in [0.3, 0.4) is 0 Å². The van der Waals surface area contributed by atoms with Gasteiger partial charge in [-0.3, -0.25) is 4.90 Å². The first-order chi connectivity index (χ1) is 10.1. The molecule has 1 unspecified atom stereocenters. The molecule has 2 saturated heterocycles. The monoisotopic (exact) mass is 328 g/mol. The molecule has 0 saturated carbocycles. The Morgan fingerprint density at radius 3 is 2.81 bits per heavy atom. The SMILES string of the molecule is O=S(=O)(c1cccc(CCl)c1)N1CCCN2CCCC2C1. The largest absolute Gasteiger partial charge is 0.299 e. The maximum Gasteiger partial charge on any atom is 0.243 e. The number of alkyl halides is 1. The zero-order valence-electron chi connectivity index (χ0n) is 12.0. The smallest absolute Gasteiger partial charge is 0.243 e. The molecule has 3 rings (SSSR count). The average Bonchev–Trinajstić information content (AvgIpc) is 2.84. The van der Waals surface area contributed by atoms with Crippen LogP contribution in [-0.4, -0.2) is 49.8 Å². The van der Waals surface area contributed by atoms with Crippen LogP contribution in [0, 0.1) is 0 Å². The van der Waals surface area contributed by atoms with Gasteiger partial charge in [0.15, 0.2) is 0 Å². The fourth-order valence-electron chi connectivity index (χ4n) is 3.33. The fourth-order valence-corrected chi connectivity index (χ4v) is 5.08. The number of hydrogen-bond donors (Lipinski definition) is 0. The molecular formula is C15H21ClN2O2S. The fraction of sp³-hybridized carbons (Fsp3) is 0.600. The summed E-state index contributed by atoms with van der Waals surface area (Å²) >= 11 is 5.82. The number of halogens is 1. The molecule has 21 heavy (non-hydrogen) atoms. The number of benzene rings is 1. The average molecular weight is 329 g/mol. The third-order valence-corrected chi connectivity index (χ3v) is 6.63. The third kappa shape index (κ3) is 3.11. The highest BCUT2D eigenvalue weighted by Gasteiger charge is 2.34. The first-order valence-electron chi connectivity index (χ1n) is 7.50. The zero-order valence-corrected chi connectivity index (χ0v) is 13.6. The van der Waals surface area contributed by atoms with Crippen LogP contribution >= 0.6 is 11.6 Å². The predicted molar refractivity (Wildman–Crippen MR) is 84.0 cm³/mol. The molecule has 1 aromatic rings. The quantitative estimate of drug-likeness (QED) is 0.799. The summed E-state index contributed by atoms with van der Waals surface area (Å²) in [5.41, 5.74) is 0.843. The van der Waals surface area contributed by atoms with E-state index in [0.717, 1.165) is 31.5 Å². The van der Waals surface area contributed by atoms with E-state index in [1.54, 1.807) is 22.5 Å². The standard InChI is InChI=1S/C15H21ClN2O2S/c16-11-13-4-1-6-15(10-13)21(19,20)18-9-3-8-17-7-2-5-14(17)12-18/h1,4,6,10,14H,2-3,5,7-9,11-12H2. The highest BCUT2D eigenvalue weighted by atomic mass is 35.5. The summed E-state index contributed by atoms with van der Waals surface area (Å²) < 4.78 is 27.4. The van der Waals surface area contributed by atoms with Gasteiger partial charge in [-0.2, -0.15) is 4.31 Å². The maximum absolute atomic E-state index is 12.9. The van der Waals surface area contributed by atoms with Gasteiger partial charge in [0.05, 0.1) is 4.90 Å². The van der Waals surface area contributed by atoms with Crippen molar-refractivity contribution < 1.29 is 8.42 Å². The van der Waals surface area contributed by atoms with E-state index in [4.69, 9.17) is 11.6 Å². The molecule has 0 N–H and O–H groups in total. The minimum atomic E-state index is -3.41. The lowest BCUT2D eigenvalue weighted by Gasteiger charge is -2.25. The van der Waals surface area contributed by atoms with Gasteiger partial charge in [0.25, 0.3) is 0 Å². The second-order valence-electron chi connectivity index (χ2n) is 5.83. The number of hydrogen-bond acceptors (Lipinski definition) is 3. The van der Waals surface area contributed by atoms with E-state index in [1.165, 1.54) is 6.42 Å². The summed E-state index contributed by atoms with van der Waals surface area (Å²) in [5, 5.41) is 0. The molecule has 1 atom stereocenters. The van der Waals surface area contributed by atoms with E-state index in [-0.39, 0.29) is 0 Å². The highest BCUT2D eigenvalue weighted by Crippen LogP contribution is 2.25. The van der Waals surface area contributed by atoms with Gasteiger partial charge in [-0.1, -0.05) is 12.1 Å². The molecule has 0 amide bonds. The van der Waals surface area contributed by atoms with Gasteiger partial charge >= 0.3 is 0 Å². The lowest BCUT2D eigenvalue weighted by atomic mass is 10.2. The van der Waals surface area contributed by atoms with Crippen LogP contribution in [0.15, 0.2) is 29.2 Å². The molecule has 1 aromatic carbocycles. The molecule has 2 fully saturated rings. The topological polar surface area (TPSA) is 40.6 Å². The van der Waals surface area contributed by atoms with Gasteiger partial charge in [-0.25, -0.2) is 8.42 Å². The van der Waals surface area contributed by atoms with Crippen LogP contribution in [-0.2, 0) is 15.9 Å². The van der Waals surface area contributed by atoms with Crippen LogP contribution in [0.5, 0.6) is 0 Å². The van der Waals surface area contributed by atoms with Crippen molar-refractivity contribution in [2.75, 3.05) is 26.2 Å². The van der Waals surface area contributed by atoms with Gasteiger partial charge in [0, 0.05) is 25.0 Å². The van der Waals surface area contributed by atoms with Crippen LogP contribution in [0.25, 0.3) is 0 Å². The van der Waals surface area contributed by atoms with Crippen molar-refractivity contribution in [2.45, 2.75) is 36.1 Å². The van der Waals surface area contributed by atoms with Gasteiger partial charge < -0.3 is 0 Å². The molecule has 0 spiro atoms. The molecular weight excluding hydrogens is 308 g/mol. The summed E-state index contributed by atoms with van der Waals surface area (Å²) in [6.07, 6.45) is 3.19. The zero-order chi connectivity index (χ0) is 14.9. The molecule has 2 heterocycles. The molecule has 4 nitrogen and oxygen atoms in total. The van der Waals surface area contributed by atoms with Gasteiger partial charge in [0.1, 0.15) is 0 Å². The second kappa shape index (κ2) is 6.24. The van der Waals surface area contributed by atoms with E-state index in [0.29, 0.717) is 29.9 Å². The minimum absolute atomic E-state index is 0.333. The van der Waals surface area contributed by atoms with Crippen LogP contribution in [0.2, 0.25) is 0 Å². The molecule has 116 valence electrons. The number of nitrogens with zero attached hydrogens (tertiary/aromatic N) is 2. The Bertz CT molecular complexity index is 605. The lowest BCUT2D eigenvalue weighted by molar-refractivity contribution is 0.257. The van der Waals surface area contributed by atoms with Crippen molar-refractivity contribution in [3.05, 3.63) is 29.8 Å². The number of rotatable bonds is 3. The molecule has 0 radical (unpaired) electrons. The predicted octanol–water partition coefficient (Wildman–Crippen LogP) is 2.28. The Balaban J connectivity index is 1.86. The first-order valence-corrected chi connectivity index (χ1v) is 9.48. The number of sulfonamides is 1. The normalized spacial score (nSPS) is 24.7. The molecule has 2 aliphatic rings. The van der Waals surface area contributed by atoms with E-state index in [1.807, 2.05) is 6.07 Å². The third-order valence-electron chi connectivity index (χ3n) is 4.46. The van der Waals surface area contributed by atoms with Crippen molar-refractivity contribution in [1.82, 2.24) is 9.21 Å². The van der Waals surface area contributed by atoms with Crippen molar-refractivity contribution in [1.29, 1.82) is 0 Å². The first kappa shape index (κ1) is 15.3. The van der Waals surface area contributed by atoms with Crippen molar-refractivity contribution >= 4 is 21.6 Å². The van der Waals surface area contributed by atoms with E-state index >= 15 is 0 Å². The second-order valence-corrected chi connectivity index (χ2v) is 8.03. The minimum Gasteiger partial charge on any atom is -0.299 e. The molecule has 6 heteroatoms. The summed E-state index contributed by atoms with van der Waals surface area (Å²) in [5.74, 6) is 0.333. The molecule has 0 aliphatic carbocycles. The van der Waals surface area contributed by atoms with Gasteiger partial charge in [-0.15, -0.1) is 11.6 Å². The molecule has 0 bridgehead atoms. The molecule has 2 aliphatic heterocycles. The van der Waals surface area contributed by atoms with Crippen LogP contribution in [0.4, 0.5) is 0 Å². The van der Waals surface area contributed by atoms with Crippen LogP contribution < -0.4 is 0 Å². The Kier molecular flexibility index (Phi) is 4.54. The van der Waals surface area contributed by atoms with E-state index in [2.05, 4.69) is 4.90 Å². The maximum atomic E-state index is 12.9.